The minimum absolute atomic E-state index is 0.618. The standard InChI is InChI=1S/C14H12BrN3O/c15-11-5-3-10(4-6-11)8-18-9-12(16)14(17-18)13-2-1-7-19-13/h1-7,9H,8,16H2. The molecule has 5 heteroatoms. The van der Waals surface area contributed by atoms with Crippen LogP contribution in [0.5, 0.6) is 0 Å². The van der Waals surface area contributed by atoms with Crippen LogP contribution in [0.3, 0.4) is 0 Å². The average Bonchev–Trinajstić information content (AvgIpc) is 3.01. The molecule has 2 N–H and O–H groups in total. The fraction of sp³-hybridized carbons (Fsp3) is 0.0714. The van der Waals surface area contributed by atoms with Crippen molar-refractivity contribution in [3.8, 4) is 11.5 Å². The Bertz CT molecular complexity index is 671. The molecule has 3 rings (SSSR count). The fourth-order valence-electron chi connectivity index (χ4n) is 1.90. The van der Waals surface area contributed by atoms with Crippen molar-refractivity contribution in [2.24, 2.45) is 0 Å². The second kappa shape index (κ2) is 4.93. The Morgan fingerprint density at radius 3 is 2.68 bits per heavy atom. The molecule has 3 aromatic rings. The van der Waals surface area contributed by atoms with E-state index in [0.29, 0.717) is 23.7 Å². The van der Waals surface area contributed by atoms with Crippen molar-refractivity contribution in [2.45, 2.75) is 6.54 Å². The van der Waals surface area contributed by atoms with Gasteiger partial charge in [0.15, 0.2) is 11.5 Å². The largest absolute Gasteiger partial charge is 0.463 e. The zero-order valence-electron chi connectivity index (χ0n) is 10.1. The number of halogens is 1. The monoisotopic (exact) mass is 317 g/mol. The normalized spacial score (nSPS) is 10.8. The number of nitrogens with zero attached hydrogens (tertiary/aromatic N) is 2. The summed E-state index contributed by atoms with van der Waals surface area (Å²) in [7, 11) is 0. The molecule has 96 valence electrons. The molecule has 4 nitrogen and oxygen atoms in total. The summed E-state index contributed by atoms with van der Waals surface area (Å²) in [6.45, 7) is 0.679. The molecular formula is C14H12BrN3O. The lowest BCUT2D eigenvalue weighted by atomic mass is 10.2. The Balaban J connectivity index is 1.87. The Morgan fingerprint density at radius 1 is 1.21 bits per heavy atom. The Kier molecular flexibility index (Phi) is 3.13. The molecular weight excluding hydrogens is 306 g/mol. The summed E-state index contributed by atoms with van der Waals surface area (Å²) >= 11 is 3.42. The molecule has 0 amide bonds. The van der Waals surface area contributed by atoms with Gasteiger partial charge >= 0.3 is 0 Å². The van der Waals surface area contributed by atoms with E-state index in [1.54, 1.807) is 6.26 Å². The fourth-order valence-corrected chi connectivity index (χ4v) is 2.16. The number of nitrogens with two attached hydrogens (primary N) is 1. The number of hydrogen-bond acceptors (Lipinski definition) is 3. The van der Waals surface area contributed by atoms with Gasteiger partial charge in [-0.15, -0.1) is 0 Å². The highest BCUT2D eigenvalue weighted by Crippen LogP contribution is 2.24. The van der Waals surface area contributed by atoms with Crippen LogP contribution in [0.25, 0.3) is 11.5 Å². The first-order valence-electron chi connectivity index (χ1n) is 5.83. The topological polar surface area (TPSA) is 57.0 Å². The van der Waals surface area contributed by atoms with Gasteiger partial charge < -0.3 is 10.2 Å². The molecule has 2 heterocycles. The van der Waals surface area contributed by atoms with Crippen molar-refractivity contribution >= 4 is 21.6 Å². The van der Waals surface area contributed by atoms with E-state index < -0.39 is 0 Å². The zero-order valence-corrected chi connectivity index (χ0v) is 11.7. The highest BCUT2D eigenvalue weighted by molar-refractivity contribution is 9.10. The van der Waals surface area contributed by atoms with Gasteiger partial charge in [0, 0.05) is 10.7 Å². The maximum atomic E-state index is 5.96. The van der Waals surface area contributed by atoms with Gasteiger partial charge in [-0.25, -0.2) is 0 Å². The van der Waals surface area contributed by atoms with Crippen LogP contribution in [0.1, 0.15) is 5.56 Å². The predicted octanol–water partition coefficient (Wildman–Crippen LogP) is 3.54. The van der Waals surface area contributed by atoms with Gasteiger partial charge in [-0.3, -0.25) is 4.68 Å². The quantitative estimate of drug-likeness (QED) is 0.803. The van der Waals surface area contributed by atoms with Crippen molar-refractivity contribution in [1.82, 2.24) is 9.78 Å². The van der Waals surface area contributed by atoms with Gasteiger partial charge in [0.2, 0.25) is 0 Å². The molecule has 0 aliphatic carbocycles. The van der Waals surface area contributed by atoms with Crippen LogP contribution in [0.2, 0.25) is 0 Å². The van der Waals surface area contributed by atoms with Gasteiger partial charge in [0.1, 0.15) is 0 Å². The zero-order chi connectivity index (χ0) is 13.2. The van der Waals surface area contributed by atoms with Crippen molar-refractivity contribution in [1.29, 1.82) is 0 Å². The van der Waals surface area contributed by atoms with E-state index >= 15 is 0 Å². The van der Waals surface area contributed by atoms with E-state index in [1.807, 2.05) is 35.1 Å². The summed E-state index contributed by atoms with van der Waals surface area (Å²) in [6.07, 6.45) is 3.43. The van der Waals surface area contributed by atoms with E-state index in [4.69, 9.17) is 10.2 Å². The van der Waals surface area contributed by atoms with Crippen LogP contribution in [0.15, 0.2) is 57.7 Å². The smallest absolute Gasteiger partial charge is 0.156 e. The highest BCUT2D eigenvalue weighted by Gasteiger charge is 2.10. The molecule has 0 aliphatic heterocycles. The van der Waals surface area contributed by atoms with Gasteiger partial charge in [-0.05, 0) is 29.8 Å². The molecule has 2 aromatic heterocycles. The van der Waals surface area contributed by atoms with Crippen molar-refractivity contribution in [2.75, 3.05) is 5.73 Å². The van der Waals surface area contributed by atoms with Gasteiger partial charge in [-0.2, -0.15) is 5.10 Å². The summed E-state index contributed by atoms with van der Waals surface area (Å²) in [5.74, 6) is 0.687. The van der Waals surface area contributed by atoms with Gasteiger partial charge in [-0.1, -0.05) is 28.1 Å². The first kappa shape index (κ1) is 12.0. The van der Waals surface area contributed by atoms with Crippen LogP contribution in [-0.4, -0.2) is 9.78 Å². The lowest BCUT2D eigenvalue weighted by Gasteiger charge is -2.01. The second-order valence-electron chi connectivity index (χ2n) is 4.23. The molecule has 0 saturated heterocycles. The van der Waals surface area contributed by atoms with Gasteiger partial charge in [0.25, 0.3) is 0 Å². The lowest BCUT2D eigenvalue weighted by Crippen LogP contribution is -2.00. The first-order chi connectivity index (χ1) is 9.22. The molecule has 0 spiro atoms. The molecule has 1 aromatic carbocycles. The lowest BCUT2D eigenvalue weighted by molar-refractivity contribution is 0.576. The number of nitrogen functional groups attached to an aromatic ring is 1. The van der Waals surface area contributed by atoms with Crippen molar-refractivity contribution in [3.05, 3.63) is 58.9 Å². The first-order valence-corrected chi connectivity index (χ1v) is 6.63. The molecule has 0 bridgehead atoms. The summed E-state index contributed by atoms with van der Waals surface area (Å²) < 4.78 is 8.20. The third kappa shape index (κ3) is 2.56. The Hall–Kier alpha value is -2.01. The molecule has 0 saturated carbocycles. The summed E-state index contributed by atoms with van der Waals surface area (Å²) in [5, 5.41) is 4.46. The third-order valence-electron chi connectivity index (χ3n) is 2.80. The van der Waals surface area contributed by atoms with Crippen LogP contribution >= 0.6 is 15.9 Å². The molecule has 0 aliphatic rings. The highest BCUT2D eigenvalue weighted by atomic mass is 79.9. The SMILES string of the molecule is Nc1cn(Cc2ccc(Br)cc2)nc1-c1ccco1. The Morgan fingerprint density at radius 2 is 2.00 bits per heavy atom. The van der Waals surface area contributed by atoms with E-state index in [9.17, 15) is 0 Å². The van der Waals surface area contributed by atoms with Gasteiger partial charge in [0.05, 0.1) is 18.5 Å². The van der Waals surface area contributed by atoms with Crippen LogP contribution < -0.4 is 5.73 Å². The van der Waals surface area contributed by atoms with E-state index in [-0.39, 0.29) is 0 Å². The second-order valence-corrected chi connectivity index (χ2v) is 5.15. The number of benzene rings is 1. The molecule has 0 fully saturated rings. The maximum Gasteiger partial charge on any atom is 0.156 e. The number of anilines is 1. The molecule has 19 heavy (non-hydrogen) atoms. The maximum absolute atomic E-state index is 5.96. The number of hydrogen-bond donors (Lipinski definition) is 1. The third-order valence-corrected chi connectivity index (χ3v) is 3.33. The van der Waals surface area contributed by atoms with Crippen molar-refractivity contribution in [3.63, 3.8) is 0 Å². The molecule has 0 atom stereocenters. The summed E-state index contributed by atoms with van der Waals surface area (Å²) in [4.78, 5) is 0. The molecule has 0 unspecified atom stereocenters. The van der Waals surface area contributed by atoms with E-state index in [0.717, 1.165) is 10.0 Å². The van der Waals surface area contributed by atoms with Crippen molar-refractivity contribution < 1.29 is 4.42 Å². The minimum Gasteiger partial charge on any atom is -0.463 e. The van der Waals surface area contributed by atoms with E-state index in [2.05, 4.69) is 33.2 Å². The summed E-state index contributed by atoms with van der Waals surface area (Å²) in [5.41, 5.74) is 8.42. The van der Waals surface area contributed by atoms with E-state index in [1.165, 1.54) is 0 Å². The minimum atomic E-state index is 0.618. The predicted molar refractivity (Wildman–Crippen MR) is 77.6 cm³/mol. The number of rotatable bonds is 3. The average molecular weight is 318 g/mol. The number of aromatic nitrogens is 2. The number of furan rings is 1. The van der Waals surface area contributed by atoms with Crippen LogP contribution in [-0.2, 0) is 6.54 Å². The van der Waals surface area contributed by atoms with Crippen LogP contribution in [0.4, 0.5) is 5.69 Å². The molecule has 0 radical (unpaired) electrons. The van der Waals surface area contributed by atoms with Crippen LogP contribution in [0, 0.1) is 0 Å². The summed E-state index contributed by atoms with van der Waals surface area (Å²) in [6, 6.07) is 11.8. The Labute approximate surface area is 119 Å².